The second-order valence-electron chi connectivity index (χ2n) is 5.95. The molecule has 132 valence electrons. The first-order valence-corrected chi connectivity index (χ1v) is 9.33. The molecule has 5 rings (SSSR count). The molecule has 1 aliphatic rings. The van der Waals surface area contributed by atoms with Gasteiger partial charge in [0.2, 0.25) is 0 Å². The van der Waals surface area contributed by atoms with Gasteiger partial charge in [-0.05, 0) is 33.7 Å². The molecule has 1 aliphatic heterocycles. The fraction of sp³-hybridized carbons (Fsp3) is 0. The summed E-state index contributed by atoms with van der Waals surface area (Å²) in [6, 6.07) is 22.7. The normalized spacial score (nSPS) is 14.3. The predicted octanol–water partition coefficient (Wildman–Crippen LogP) is 4.90. The number of rotatable bonds is 0. The molecule has 0 aliphatic carbocycles. The van der Waals surface area contributed by atoms with Gasteiger partial charge in [-0.2, -0.15) is 0 Å². The van der Waals surface area contributed by atoms with Crippen LogP contribution in [0.5, 0.6) is 11.5 Å². The van der Waals surface area contributed by atoms with Gasteiger partial charge in [-0.25, -0.2) is 4.57 Å². The molecule has 0 bridgehead atoms. The van der Waals surface area contributed by atoms with Crippen molar-refractivity contribution in [3.8, 4) is 22.6 Å². The van der Waals surface area contributed by atoms with Gasteiger partial charge in [0, 0.05) is 11.1 Å². The van der Waals surface area contributed by atoms with Crippen LogP contribution in [-0.2, 0) is 26.9 Å². The first-order chi connectivity index (χ1) is 12.1. The molecule has 4 aromatic rings. The van der Waals surface area contributed by atoms with Crippen molar-refractivity contribution in [2.24, 2.45) is 0 Å². The molecule has 0 saturated heterocycles. The first-order valence-electron chi connectivity index (χ1n) is 7.86. The maximum atomic E-state index is 12.3. The fourth-order valence-corrected chi connectivity index (χ4v) is 4.25. The van der Waals surface area contributed by atoms with Crippen LogP contribution in [0.2, 0.25) is 0 Å². The van der Waals surface area contributed by atoms with Gasteiger partial charge in [0.1, 0.15) is 11.5 Å². The van der Waals surface area contributed by atoms with Crippen LogP contribution in [0.15, 0.2) is 72.8 Å². The monoisotopic (exact) mass is 454 g/mol. The van der Waals surface area contributed by atoms with E-state index in [4.69, 9.17) is 9.05 Å². The summed E-state index contributed by atoms with van der Waals surface area (Å²) in [7, 11) is -4.50. The average Bonchev–Trinajstić information content (AvgIpc) is 2.73. The van der Waals surface area contributed by atoms with Gasteiger partial charge >= 0.3 is 30.2 Å². The number of hydrogen-bond acceptors (Lipinski definition) is 4. The van der Waals surface area contributed by atoms with Crippen LogP contribution in [0.3, 0.4) is 0 Å². The van der Waals surface area contributed by atoms with Gasteiger partial charge in [0.15, 0.2) is 0 Å². The SMILES string of the molecule is O=P1([O-])Oc2ccc3ccccc3c2-c2c(ccc3ccccc23)O1.[Ag+]. The van der Waals surface area contributed by atoms with Crippen LogP contribution in [0, 0.1) is 0 Å². The molecular formula is C20H12AgO4P. The zero-order chi connectivity index (χ0) is 17.0. The van der Waals surface area contributed by atoms with E-state index in [0.29, 0.717) is 0 Å². The maximum absolute atomic E-state index is 12.3. The number of fused-ring (bicyclic) bond motifs is 7. The van der Waals surface area contributed by atoms with E-state index in [1.807, 2.05) is 60.7 Å². The molecule has 26 heavy (non-hydrogen) atoms. The van der Waals surface area contributed by atoms with E-state index in [1.165, 1.54) is 0 Å². The quantitative estimate of drug-likeness (QED) is 0.280. The molecule has 4 nitrogen and oxygen atoms in total. The van der Waals surface area contributed by atoms with Crippen molar-refractivity contribution in [1.82, 2.24) is 0 Å². The summed E-state index contributed by atoms with van der Waals surface area (Å²) >= 11 is 0. The molecule has 0 fully saturated rings. The van der Waals surface area contributed by atoms with Crippen molar-refractivity contribution >= 4 is 29.4 Å². The standard InChI is InChI=1S/C20H13O4P.Ag/c21-25(22)23-17-11-9-13-5-1-3-7-15(13)19(17)20-16-8-4-2-6-14(16)10-12-18(20)24-25;/h1-12H,(H,21,22);/q;+1/p-1. The Labute approximate surface area is 165 Å². The molecule has 0 aromatic heterocycles. The summed E-state index contributed by atoms with van der Waals surface area (Å²) in [5, 5.41) is 3.85. The van der Waals surface area contributed by atoms with Crippen molar-refractivity contribution in [3.05, 3.63) is 72.8 Å². The van der Waals surface area contributed by atoms with Gasteiger partial charge in [0.05, 0.1) is 0 Å². The molecule has 6 heteroatoms. The Bertz CT molecular complexity index is 1110. The van der Waals surface area contributed by atoms with Crippen molar-refractivity contribution < 1.29 is 40.9 Å². The minimum absolute atomic E-state index is 0. The second-order valence-corrected chi connectivity index (χ2v) is 7.21. The van der Waals surface area contributed by atoms with Crippen LogP contribution >= 0.6 is 7.82 Å². The van der Waals surface area contributed by atoms with Gasteiger partial charge < -0.3 is 13.9 Å². The van der Waals surface area contributed by atoms with E-state index in [1.54, 1.807) is 12.1 Å². The summed E-state index contributed by atoms with van der Waals surface area (Å²) in [6.07, 6.45) is 0. The van der Waals surface area contributed by atoms with Crippen molar-refractivity contribution in [2.45, 2.75) is 0 Å². The molecule has 0 spiro atoms. The van der Waals surface area contributed by atoms with Crippen molar-refractivity contribution in [2.75, 3.05) is 0 Å². The van der Waals surface area contributed by atoms with E-state index in [0.717, 1.165) is 32.7 Å². The Morgan fingerprint density at radius 1 is 0.654 bits per heavy atom. The van der Waals surface area contributed by atoms with Crippen LogP contribution in [0.25, 0.3) is 32.7 Å². The third-order valence-electron chi connectivity index (χ3n) is 4.45. The summed E-state index contributed by atoms with van der Waals surface area (Å²) < 4.78 is 22.8. The van der Waals surface area contributed by atoms with E-state index >= 15 is 0 Å². The predicted molar refractivity (Wildman–Crippen MR) is 95.8 cm³/mol. The molecule has 0 radical (unpaired) electrons. The Balaban J connectivity index is 0.00000168. The molecular weight excluding hydrogens is 443 g/mol. The minimum Gasteiger partial charge on any atom is -0.736 e. The first kappa shape index (κ1) is 17.3. The summed E-state index contributed by atoms with van der Waals surface area (Å²) in [4.78, 5) is 12.3. The molecule has 0 unspecified atom stereocenters. The van der Waals surface area contributed by atoms with Crippen LogP contribution in [0.4, 0.5) is 0 Å². The van der Waals surface area contributed by atoms with Crippen LogP contribution < -0.4 is 13.9 Å². The van der Waals surface area contributed by atoms with Gasteiger partial charge in [-0.1, -0.05) is 60.7 Å². The average molecular weight is 455 g/mol. The number of benzene rings is 4. The largest absolute Gasteiger partial charge is 1.00 e. The van der Waals surface area contributed by atoms with Crippen LogP contribution in [-0.4, -0.2) is 0 Å². The summed E-state index contributed by atoms with van der Waals surface area (Å²) in [6.45, 7) is 0. The molecule has 1 heterocycles. The summed E-state index contributed by atoms with van der Waals surface area (Å²) in [5.41, 5.74) is 1.47. The Morgan fingerprint density at radius 2 is 1.08 bits per heavy atom. The fourth-order valence-electron chi connectivity index (χ4n) is 3.43. The molecule has 0 amide bonds. The minimum atomic E-state index is -4.50. The summed E-state index contributed by atoms with van der Waals surface area (Å²) in [5.74, 6) is 0.569. The molecule has 0 N–H and O–H groups in total. The van der Waals surface area contributed by atoms with Crippen molar-refractivity contribution in [3.63, 3.8) is 0 Å². The zero-order valence-electron chi connectivity index (χ0n) is 13.3. The van der Waals surface area contributed by atoms with E-state index in [2.05, 4.69) is 0 Å². The Hall–Kier alpha value is -2.07. The third-order valence-corrected chi connectivity index (χ3v) is 5.29. The zero-order valence-corrected chi connectivity index (χ0v) is 15.7. The van der Waals surface area contributed by atoms with E-state index in [-0.39, 0.29) is 33.9 Å². The molecule has 0 atom stereocenters. The van der Waals surface area contributed by atoms with E-state index in [9.17, 15) is 9.46 Å². The molecule has 4 aromatic carbocycles. The second kappa shape index (κ2) is 6.27. The number of hydrogen-bond donors (Lipinski definition) is 0. The van der Waals surface area contributed by atoms with E-state index < -0.39 is 7.82 Å². The topological polar surface area (TPSA) is 58.6 Å². The maximum Gasteiger partial charge on any atom is 1.00 e. The Kier molecular flexibility index (Phi) is 4.19. The third kappa shape index (κ3) is 2.67. The van der Waals surface area contributed by atoms with Crippen LogP contribution in [0.1, 0.15) is 0 Å². The van der Waals surface area contributed by atoms with Gasteiger partial charge in [0.25, 0.3) is 0 Å². The number of phosphoric ester groups is 1. The molecule has 0 saturated carbocycles. The van der Waals surface area contributed by atoms with Gasteiger partial charge in [-0.3, -0.25) is 0 Å². The van der Waals surface area contributed by atoms with Crippen molar-refractivity contribution in [1.29, 1.82) is 0 Å². The van der Waals surface area contributed by atoms with Gasteiger partial charge in [-0.15, -0.1) is 0 Å². The Morgan fingerprint density at radius 3 is 1.54 bits per heavy atom. The smallest absolute Gasteiger partial charge is 0.736 e. The number of phosphoric acid groups is 1.